The molecule has 0 spiro atoms. The van der Waals surface area contributed by atoms with Gasteiger partial charge in [-0.3, -0.25) is 14.4 Å². The van der Waals surface area contributed by atoms with Crippen molar-refractivity contribution in [3.63, 3.8) is 0 Å². The second kappa shape index (κ2) is 8.94. The van der Waals surface area contributed by atoms with E-state index in [0.29, 0.717) is 32.7 Å². The molecule has 2 aromatic rings. The molecule has 2 fully saturated rings. The van der Waals surface area contributed by atoms with Crippen LogP contribution in [0.2, 0.25) is 0 Å². The lowest BCUT2D eigenvalue weighted by atomic mass is 10.1. The fourth-order valence-corrected chi connectivity index (χ4v) is 3.89. The van der Waals surface area contributed by atoms with Crippen LogP contribution >= 0.6 is 0 Å². The fraction of sp³-hybridized carbons (Fsp3) is 0.364. The van der Waals surface area contributed by atoms with Gasteiger partial charge in [0.15, 0.2) is 0 Å². The summed E-state index contributed by atoms with van der Waals surface area (Å²) >= 11 is 0. The zero-order valence-corrected chi connectivity index (χ0v) is 16.7. The van der Waals surface area contributed by atoms with Crippen molar-refractivity contribution in [2.45, 2.75) is 6.42 Å². The van der Waals surface area contributed by atoms with E-state index in [1.165, 1.54) is 0 Å². The van der Waals surface area contributed by atoms with E-state index < -0.39 is 5.92 Å². The normalized spacial score (nSPS) is 19.1. The molecule has 1 aromatic heterocycles. The van der Waals surface area contributed by atoms with Crippen molar-refractivity contribution in [1.29, 1.82) is 0 Å². The van der Waals surface area contributed by atoms with Gasteiger partial charge in [0.25, 0.3) is 0 Å². The van der Waals surface area contributed by atoms with Crippen molar-refractivity contribution in [2.75, 3.05) is 49.1 Å². The van der Waals surface area contributed by atoms with Gasteiger partial charge >= 0.3 is 0 Å². The third-order valence-electron chi connectivity index (χ3n) is 5.58. The monoisotopic (exact) mass is 407 g/mol. The minimum Gasteiger partial charge on any atom is -0.353 e. The van der Waals surface area contributed by atoms with E-state index in [4.69, 9.17) is 0 Å². The highest BCUT2D eigenvalue weighted by Gasteiger charge is 2.35. The molecule has 0 radical (unpaired) electrons. The molecule has 4 rings (SSSR count). The van der Waals surface area contributed by atoms with E-state index in [1.807, 2.05) is 48.5 Å². The summed E-state index contributed by atoms with van der Waals surface area (Å²) in [6.07, 6.45) is 1.92. The Morgan fingerprint density at radius 1 is 1.00 bits per heavy atom. The average molecular weight is 407 g/mol. The van der Waals surface area contributed by atoms with Gasteiger partial charge in [-0.05, 0) is 24.3 Å². The van der Waals surface area contributed by atoms with E-state index in [0.717, 1.165) is 11.5 Å². The largest absolute Gasteiger partial charge is 0.353 e. The number of anilines is 2. The summed E-state index contributed by atoms with van der Waals surface area (Å²) in [5.41, 5.74) is 0.791. The number of hydrogen-bond acceptors (Lipinski definition) is 5. The number of piperazine rings is 1. The Morgan fingerprint density at radius 3 is 2.43 bits per heavy atom. The number of aromatic nitrogens is 1. The lowest BCUT2D eigenvalue weighted by Crippen LogP contribution is -2.51. The molecule has 1 N–H and O–H groups in total. The highest BCUT2D eigenvalue weighted by atomic mass is 16.2. The minimum atomic E-state index is -0.438. The van der Waals surface area contributed by atoms with Gasteiger partial charge in [0, 0.05) is 51.0 Å². The lowest BCUT2D eigenvalue weighted by Gasteiger charge is -2.35. The molecular weight excluding hydrogens is 382 g/mol. The van der Waals surface area contributed by atoms with Crippen LogP contribution in [0.1, 0.15) is 6.42 Å². The van der Waals surface area contributed by atoms with Gasteiger partial charge in [0.1, 0.15) is 5.82 Å². The first-order chi connectivity index (χ1) is 14.6. The van der Waals surface area contributed by atoms with Crippen molar-refractivity contribution in [3.8, 4) is 0 Å². The number of carbonyl (C=O) groups excluding carboxylic acids is 3. The van der Waals surface area contributed by atoms with E-state index >= 15 is 0 Å². The molecule has 30 heavy (non-hydrogen) atoms. The lowest BCUT2D eigenvalue weighted by molar-refractivity contribution is -0.134. The maximum absolute atomic E-state index is 12.5. The Labute approximate surface area is 175 Å². The molecule has 2 saturated heterocycles. The van der Waals surface area contributed by atoms with Crippen molar-refractivity contribution in [2.24, 2.45) is 5.92 Å². The van der Waals surface area contributed by atoms with Crippen LogP contribution in [-0.4, -0.2) is 66.9 Å². The summed E-state index contributed by atoms with van der Waals surface area (Å²) in [4.78, 5) is 47.2. The number of benzene rings is 1. The van der Waals surface area contributed by atoms with Gasteiger partial charge in [0.05, 0.1) is 12.5 Å². The van der Waals surface area contributed by atoms with Gasteiger partial charge in [0.2, 0.25) is 17.7 Å². The van der Waals surface area contributed by atoms with E-state index in [1.54, 1.807) is 16.0 Å². The molecule has 0 saturated carbocycles. The Morgan fingerprint density at radius 2 is 1.73 bits per heavy atom. The van der Waals surface area contributed by atoms with E-state index in [9.17, 15) is 14.4 Å². The molecule has 1 aromatic carbocycles. The maximum atomic E-state index is 12.5. The van der Waals surface area contributed by atoms with Crippen molar-refractivity contribution in [3.05, 3.63) is 54.7 Å². The van der Waals surface area contributed by atoms with Crippen LogP contribution in [0.5, 0.6) is 0 Å². The molecule has 8 nitrogen and oxygen atoms in total. The number of nitrogens with one attached hydrogen (secondary N) is 1. The van der Waals surface area contributed by atoms with Gasteiger partial charge in [-0.25, -0.2) is 4.98 Å². The third kappa shape index (κ3) is 4.42. The predicted octanol–water partition coefficient (Wildman–Crippen LogP) is 0.900. The third-order valence-corrected chi connectivity index (χ3v) is 5.58. The van der Waals surface area contributed by atoms with Gasteiger partial charge in [-0.15, -0.1) is 0 Å². The smallest absolute Gasteiger partial charge is 0.242 e. The summed E-state index contributed by atoms with van der Waals surface area (Å²) in [5, 5.41) is 2.72. The summed E-state index contributed by atoms with van der Waals surface area (Å²) < 4.78 is 0. The Hall–Kier alpha value is -3.42. The summed E-state index contributed by atoms with van der Waals surface area (Å²) in [6.45, 7) is 2.90. The van der Waals surface area contributed by atoms with Crippen LogP contribution in [-0.2, 0) is 14.4 Å². The molecule has 3 amide bonds. The van der Waals surface area contributed by atoms with Crippen molar-refractivity contribution >= 4 is 29.2 Å². The number of para-hydroxylation sites is 1. The number of rotatable bonds is 5. The molecular formula is C22H25N5O3. The Balaban J connectivity index is 1.24. The zero-order chi connectivity index (χ0) is 20.9. The maximum Gasteiger partial charge on any atom is 0.242 e. The molecule has 0 bridgehead atoms. The van der Waals surface area contributed by atoms with E-state index in [-0.39, 0.29) is 30.7 Å². The quantitative estimate of drug-likeness (QED) is 0.796. The molecule has 3 heterocycles. The van der Waals surface area contributed by atoms with Gasteiger partial charge in [-0.1, -0.05) is 24.3 Å². The number of nitrogens with zero attached hydrogens (tertiary/aromatic N) is 4. The first kappa shape index (κ1) is 19.9. The van der Waals surface area contributed by atoms with Crippen LogP contribution in [0.25, 0.3) is 0 Å². The standard InChI is InChI=1S/C22H25N5O3/c28-20-14-17(16-27(20)18-6-2-1-3-7-18)22(30)24-15-21(29)26-12-10-25(11-13-26)19-8-4-5-9-23-19/h1-9,17H,10-16H2,(H,24,30)/t17-/m0/s1. The summed E-state index contributed by atoms with van der Waals surface area (Å²) in [7, 11) is 0. The minimum absolute atomic E-state index is 0.0432. The molecule has 0 aliphatic carbocycles. The predicted molar refractivity (Wildman–Crippen MR) is 113 cm³/mol. The average Bonchev–Trinajstić information content (AvgIpc) is 3.20. The highest BCUT2D eigenvalue weighted by Crippen LogP contribution is 2.24. The topological polar surface area (TPSA) is 85.9 Å². The van der Waals surface area contributed by atoms with Gasteiger partial charge < -0.3 is 20.0 Å². The Bertz CT molecular complexity index is 898. The van der Waals surface area contributed by atoms with Crippen LogP contribution in [0.3, 0.4) is 0 Å². The summed E-state index contributed by atoms with van der Waals surface area (Å²) in [6, 6.07) is 15.1. The number of pyridine rings is 1. The first-order valence-corrected chi connectivity index (χ1v) is 10.2. The van der Waals surface area contributed by atoms with Gasteiger partial charge in [-0.2, -0.15) is 0 Å². The molecule has 156 valence electrons. The van der Waals surface area contributed by atoms with Crippen LogP contribution in [0.4, 0.5) is 11.5 Å². The Kier molecular flexibility index (Phi) is 5.92. The SMILES string of the molecule is O=C(NCC(=O)N1CCN(c2ccccn2)CC1)[C@H]1CC(=O)N(c2ccccc2)C1. The first-order valence-electron chi connectivity index (χ1n) is 10.2. The highest BCUT2D eigenvalue weighted by molar-refractivity contribution is 6.00. The number of hydrogen-bond donors (Lipinski definition) is 1. The number of amides is 3. The molecule has 2 aliphatic heterocycles. The molecule has 0 unspecified atom stereocenters. The van der Waals surface area contributed by atoms with E-state index in [2.05, 4.69) is 15.2 Å². The fourth-order valence-electron chi connectivity index (χ4n) is 3.89. The number of carbonyl (C=O) groups is 3. The van der Waals surface area contributed by atoms with Crippen LogP contribution in [0.15, 0.2) is 54.7 Å². The van der Waals surface area contributed by atoms with Crippen molar-refractivity contribution in [1.82, 2.24) is 15.2 Å². The molecule has 1 atom stereocenters. The second-order valence-electron chi connectivity index (χ2n) is 7.51. The van der Waals surface area contributed by atoms with Crippen LogP contribution in [0, 0.1) is 5.92 Å². The second-order valence-corrected chi connectivity index (χ2v) is 7.51. The molecule has 8 heteroatoms. The zero-order valence-electron chi connectivity index (χ0n) is 16.7. The van der Waals surface area contributed by atoms with Crippen LogP contribution < -0.4 is 15.1 Å². The summed E-state index contributed by atoms with van der Waals surface area (Å²) in [5.74, 6) is 0.0483. The molecule has 2 aliphatic rings. The van der Waals surface area contributed by atoms with Crippen molar-refractivity contribution < 1.29 is 14.4 Å².